The van der Waals surface area contributed by atoms with Crippen molar-refractivity contribution < 1.29 is 0 Å². The lowest BCUT2D eigenvalue weighted by Gasteiger charge is -2.19. The van der Waals surface area contributed by atoms with Crippen LogP contribution in [0.5, 0.6) is 0 Å². The molecule has 1 aromatic rings. The third-order valence-electron chi connectivity index (χ3n) is 2.46. The minimum Gasteiger partial charge on any atom is -0.312 e. The molecule has 0 saturated heterocycles. The van der Waals surface area contributed by atoms with E-state index >= 15 is 0 Å². The minimum atomic E-state index is 0.497. The van der Waals surface area contributed by atoms with Gasteiger partial charge in [-0.25, -0.2) is 9.97 Å². The van der Waals surface area contributed by atoms with E-state index in [1.165, 1.54) is 17.0 Å². The second-order valence-electron chi connectivity index (χ2n) is 3.77. The molecule has 2 rings (SSSR count). The van der Waals surface area contributed by atoms with Crippen molar-refractivity contribution in [2.75, 3.05) is 6.54 Å². The molecule has 1 aliphatic rings. The molecule has 0 aromatic carbocycles. The molecule has 0 amide bonds. The normalized spacial score (nSPS) is 15.9. The Morgan fingerprint density at radius 3 is 3.00 bits per heavy atom. The molecular formula is C10H15N3. The Morgan fingerprint density at radius 1 is 1.38 bits per heavy atom. The minimum absolute atomic E-state index is 0.497. The quantitative estimate of drug-likeness (QED) is 0.701. The molecule has 0 aliphatic carbocycles. The van der Waals surface area contributed by atoms with Crippen LogP contribution in [-0.4, -0.2) is 16.5 Å². The van der Waals surface area contributed by atoms with E-state index in [0.717, 1.165) is 19.5 Å². The molecule has 0 saturated carbocycles. The Kier molecular flexibility index (Phi) is 2.27. The lowest BCUT2D eigenvalue weighted by Crippen LogP contribution is -2.26. The molecule has 70 valence electrons. The first-order valence-electron chi connectivity index (χ1n) is 4.82. The summed E-state index contributed by atoms with van der Waals surface area (Å²) >= 11 is 0. The second kappa shape index (κ2) is 3.42. The molecular weight excluding hydrogens is 162 g/mol. The predicted molar refractivity (Wildman–Crippen MR) is 51.5 cm³/mol. The van der Waals surface area contributed by atoms with Gasteiger partial charge in [-0.3, -0.25) is 0 Å². The van der Waals surface area contributed by atoms with Crippen LogP contribution in [0.25, 0.3) is 0 Å². The lowest BCUT2D eigenvalue weighted by molar-refractivity contribution is 0.608. The fraction of sp³-hybridized carbons (Fsp3) is 0.600. The van der Waals surface area contributed by atoms with Gasteiger partial charge >= 0.3 is 0 Å². The highest BCUT2D eigenvalue weighted by atomic mass is 14.9. The van der Waals surface area contributed by atoms with Gasteiger partial charge in [0.1, 0.15) is 6.33 Å². The summed E-state index contributed by atoms with van der Waals surface area (Å²) in [6, 6.07) is 0. The van der Waals surface area contributed by atoms with Gasteiger partial charge in [0, 0.05) is 30.8 Å². The summed E-state index contributed by atoms with van der Waals surface area (Å²) in [4.78, 5) is 8.65. The maximum Gasteiger partial charge on any atom is 0.115 e. The van der Waals surface area contributed by atoms with Crippen LogP contribution in [0.3, 0.4) is 0 Å². The summed E-state index contributed by atoms with van der Waals surface area (Å²) in [7, 11) is 0. The molecule has 1 aromatic heterocycles. The summed E-state index contributed by atoms with van der Waals surface area (Å²) in [5, 5.41) is 3.36. The second-order valence-corrected chi connectivity index (χ2v) is 3.77. The first-order valence-corrected chi connectivity index (χ1v) is 4.82. The van der Waals surface area contributed by atoms with Gasteiger partial charge in [0.2, 0.25) is 0 Å². The van der Waals surface area contributed by atoms with Crippen LogP contribution < -0.4 is 5.32 Å². The molecule has 2 heterocycles. The van der Waals surface area contributed by atoms with E-state index in [1.807, 2.05) is 0 Å². The Hall–Kier alpha value is -0.960. The smallest absolute Gasteiger partial charge is 0.115 e. The van der Waals surface area contributed by atoms with Crippen molar-refractivity contribution in [2.45, 2.75) is 32.7 Å². The molecule has 1 N–H and O–H groups in total. The van der Waals surface area contributed by atoms with Crippen LogP contribution in [0.1, 0.15) is 36.7 Å². The Labute approximate surface area is 78.6 Å². The van der Waals surface area contributed by atoms with Gasteiger partial charge < -0.3 is 5.32 Å². The average Bonchev–Trinajstić information content (AvgIpc) is 2.17. The molecule has 0 atom stereocenters. The maximum atomic E-state index is 4.34. The van der Waals surface area contributed by atoms with Crippen molar-refractivity contribution in [3.8, 4) is 0 Å². The fourth-order valence-corrected chi connectivity index (χ4v) is 1.79. The third-order valence-corrected chi connectivity index (χ3v) is 2.46. The molecule has 0 bridgehead atoms. The highest BCUT2D eigenvalue weighted by Crippen LogP contribution is 2.20. The van der Waals surface area contributed by atoms with Crippen LogP contribution in [0.15, 0.2) is 6.33 Å². The van der Waals surface area contributed by atoms with Crippen LogP contribution in [-0.2, 0) is 13.0 Å². The van der Waals surface area contributed by atoms with Crippen LogP contribution in [0.2, 0.25) is 0 Å². The molecule has 13 heavy (non-hydrogen) atoms. The molecule has 0 radical (unpaired) electrons. The molecule has 0 fully saturated rings. The average molecular weight is 177 g/mol. The predicted octanol–water partition coefficient (Wildman–Crippen LogP) is 1.25. The number of hydrogen-bond acceptors (Lipinski definition) is 3. The first-order chi connectivity index (χ1) is 6.29. The van der Waals surface area contributed by atoms with Crippen LogP contribution in [0.4, 0.5) is 0 Å². The zero-order valence-electron chi connectivity index (χ0n) is 8.17. The number of nitrogens with one attached hydrogen (secondary N) is 1. The number of rotatable bonds is 1. The van der Waals surface area contributed by atoms with E-state index in [0.29, 0.717) is 5.92 Å². The van der Waals surface area contributed by atoms with Crippen LogP contribution in [0, 0.1) is 0 Å². The fourth-order valence-electron chi connectivity index (χ4n) is 1.79. The highest BCUT2D eigenvalue weighted by molar-refractivity contribution is 5.28. The number of fused-ring (bicyclic) bond motifs is 1. The molecule has 1 aliphatic heterocycles. The number of hydrogen-bond donors (Lipinski definition) is 1. The summed E-state index contributed by atoms with van der Waals surface area (Å²) in [6.07, 6.45) is 2.73. The van der Waals surface area contributed by atoms with Crippen molar-refractivity contribution in [3.63, 3.8) is 0 Å². The SMILES string of the molecule is CC(C)c1ncnc2c1CNCC2. The summed E-state index contributed by atoms with van der Waals surface area (Å²) < 4.78 is 0. The van der Waals surface area contributed by atoms with Gasteiger partial charge in [0.05, 0.1) is 5.69 Å². The van der Waals surface area contributed by atoms with Crippen LogP contribution >= 0.6 is 0 Å². The molecule has 0 spiro atoms. The van der Waals surface area contributed by atoms with Gasteiger partial charge in [-0.2, -0.15) is 0 Å². The third kappa shape index (κ3) is 1.56. The highest BCUT2D eigenvalue weighted by Gasteiger charge is 2.16. The molecule has 0 unspecified atom stereocenters. The number of aromatic nitrogens is 2. The van der Waals surface area contributed by atoms with Crippen molar-refractivity contribution in [1.29, 1.82) is 0 Å². The Morgan fingerprint density at radius 2 is 2.23 bits per heavy atom. The van der Waals surface area contributed by atoms with Gasteiger partial charge in [-0.1, -0.05) is 13.8 Å². The van der Waals surface area contributed by atoms with Gasteiger partial charge in [-0.15, -0.1) is 0 Å². The summed E-state index contributed by atoms with van der Waals surface area (Å²) in [6.45, 7) is 6.33. The van der Waals surface area contributed by atoms with E-state index < -0.39 is 0 Å². The van der Waals surface area contributed by atoms with Crippen molar-refractivity contribution in [1.82, 2.24) is 15.3 Å². The van der Waals surface area contributed by atoms with E-state index in [9.17, 15) is 0 Å². The maximum absolute atomic E-state index is 4.34. The van der Waals surface area contributed by atoms with E-state index in [2.05, 4.69) is 29.1 Å². The molecule has 3 nitrogen and oxygen atoms in total. The lowest BCUT2D eigenvalue weighted by atomic mass is 9.99. The number of nitrogens with zero attached hydrogens (tertiary/aromatic N) is 2. The zero-order valence-corrected chi connectivity index (χ0v) is 8.17. The van der Waals surface area contributed by atoms with Crippen molar-refractivity contribution in [2.24, 2.45) is 0 Å². The van der Waals surface area contributed by atoms with E-state index in [1.54, 1.807) is 6.33 Å². The zero-order chi connectivity index (χ0) is 9.26. The summed E-state index contributed by atoms with van der Waals surface area (Å²) in [5.74, 6) is 0.497. The Balaban J connectivity index is 2.46. The first kappa shape index (κ1) is 8.63. The molecule has 3 heteroatoms. The Bertz CT molecular complexity index is 307. The summed E-state index contributed by atoms with van der Waals surface area (Å²) in [5.41, 5.74) is 3.76. The van der Waals surface area contributed by atoms with E-state index in [4.69, 9.17) is 0 Å². The van der Waals surface area contributed by atoms with Crippen molar-refractivity contribution >= 4 is 0 Å². The van der Waals surface area contributed by atoms with Gasteiger partial charge in [0.15, 0.2) is 0 Å². The topological polar surface area (TPSA) is 37.8 Å². The van der Waals surface area contributed by atoms with Crippen molar-refractivity contribution in [3.05, 3.63) is 23.3 Å². The standard InChI is InChI=1S/C10H15N3/c1-7(2)10-8-5-11-4-3-9(8)12-6-13-10/h6-7,11H,3-5H2,1-2H3. The largest absolute Gasteiger partial charge is 0.312 e. The van der Waals surface area contributed by atoms with Gasteiger partial charge in [-0.05, 0) is 5.92 Å². The van der Waals surface area contributed by atoms with E-state index in [-0.39, 0.29) is 0 Å². The monoisotopic (exact) mass is 177 g/mol. The van der Waals surface area contributed by atoms with Gasteiger partial charge in [0.25, 0.3) is 0 Å².